The van der Waals surface area contributed by atoms with Crippen molar-refractivity contribution in [1.29, 1.82) is 0 Å². The Labute approximate surface area is 86.7 Å². The fourth-order valence-electron chi connectivity index (χ4n) is 1.56. The first kappa shape index (κ1) is 9.61. The van der Waals surface area contributed by atoms with Crippen LogP contribution in [0, 0.1) is 0 Å². The standard InChI is InChI=1S/C9H13N3OS/c13-9(8-5-14-6-11-8)12-7-2-1-3-10-4-7/h5-7,10H,1-4H2,(H,12,13)/t7-/m1/s1. The predicted molar refractivity (Wildman–Crippen MR) is 55.5 cm³/mol. The normalized spacial score (nSPS) is 21.9. The van der Waals surface area contributed by atoms with Gasteiger partial charge in [0.2, 0.25) is 0 Å². The Hall–Kier alpha value is -0.940. The molecule has 0 saturated carbocycles. The van der Waals surface area contributed by atoms with E-state index in [0.29, 0.717) is 5.69 Å². The highest BCUT2D eigenvalue weighted by Crippen LogP contribution is 2.04. The minimum absolute atomic E-state index is 0.0556. The van der Waals surface area contributed by atoms with Gasteiger partial charge in [-0.3, -0.25) is 4.79 Å². The fraction of sp³-hybridized carbons (Fsp3) is 0.556. The number of hydrogen-bond donors (Lipinski definition) is 2. The lowest BCUT2D eigenvalue weighted by atomic mass is 10.1. The van der Waals surface area contributed by atoms with Gasteiger partial charge in [0.1, 0.15) is 5.69 Å². The quantitative estimate of drug-likeness (QED) is 0.754. The first-order valence-electron chi connectivity index (χ1n) is 4.76. The molecule has 1 aliphatic heterocycles. The first-order chi connectivity index (χ1) is 6.86. The summed E-state index contributed by atoms with van der Waals surface area (Å²) in [6.07, 6.45) is 2.19. The molecule has 1 atom stereocenters. The number of thiazole rings is 1. The number of piperidine rings is 1. The van der Waals surface area contributed by atoms with Crippen molar-refractivity contribution in [3.63, 3.8) is 0 Å². The fourth-order valence-corrected chi connectivity index (χ4v) is 2.09. The third-order valence-corrected chi connectivity index (χ3v) is 2.88. The van der Waals surface area contributed by atoms with E-state index in [4.69, 9.17) is 0 Å². The molecule has 1 saturated heterocycles. The molecule has 0 unspecified atom stereocenters. The highest BCUT2D eigenvalue weighted by Gasteiger charge is 2.16. The van der Waals surface area contributed by atoms with Crippen LogP contribution in [0.5, 0.6) is 0 Å². The summed E-state index contributed by atoms with van der Waals surface area (Å²) in [6, 6.07) is 0.262. The van der Waals surface area contributed by atoms with Crippen molar-refractivity contribution in [2.45, 2.75) is 18.9 Å². The summed E-state index contributed by atoms with van der Waals surface area (Å²) in [4.78, 5) is 15.5. The SMILES string of the molecule is O=C(N[C@@H]1CCCNC1)c1cscn1. The van der Waals surface area contributed by atoms with Crippen LogP contribution in [-0.4, -0.2) is 30.0 Å². The van der Waals surface area contributed by atoms with E-state index in [1.807, 2.05) is 0 Å². The van der Waals surface area contributed by atoms with Crippen LogP contribution in [0.2, 0.25) is 0 Å². The summed E-state index contributed by atoms with van der Waals surface area (Å²) in [5.74, 6) is -0.0556. The lowest BCUT2D eigenvalue weighted by Crippen LogP contribution is -2.45. The van der Waals surface area contributed by atoms with Crippen LogP contribution < -0.4 is 10.6 Å². The molecule has 0 radical (unpaired) electrons. The van der Waals surface area contributed by atoms with Crippen LogP contribution in [0.3, 0.4) is 0 Å². The molecule has 0 aliphatic carbocycles. The molecule has 1 aliphatic rings. The topological polar surface area (TPSA) is 54.0 Å². The maximum absolute atomic E-state index is 11.6. The molecule has 1 aromatic heterocycles. The first-order valence-corrected chi connectivity index (χ1v) is 5.70. The van der Waals surface area contributed by atoms with Gasteiger partial charge >= 0.3 is 0 Å². The molecule has 2 heterocycles. The Kier molecular flexibility index (Phi) is 3.10. The Morgan fingerprint density at radius 3 is 3.29 bits per heavy atom. The molecule has 5 heteroatoms. The van der Waals surface area contributed by atoms with Gasteiger partial charge in [0, 0.05) is 18.0 Å². The van der Waals surface area contributed by atoms with Crippen molar-refractivity contribution < 1.29 is 4.79 Å². The summed E-state index contributed by atoms with van der Waals surface area (Å²) in [5.41, 5.74) is 2.20. The number of amides is 1. The monoisotopic (exact) mass is 211 g/mol. The number of rotatable bonds is 2. The van der Waals surface area contributed by atoms with E-state index in [1.165, 1.54) is 11.3 Å². The van der Waals surface area contributed by atoms with Gasteiger partial charge in [-0.25, -0.2) is 4.98 Å². The summed E-state index contributed by atoms with van der Waals surface area (Å²) in [5, 5.41) is 7.99. The smallest absolute Gasteiger partial charge is 0.271 e. The van der Waals surface area contributed by atoms with Gasteiger partial charge in [-0.1, -0.05) is 0 Å². The highest BCUT2D eigenvalue weighted by molar-refractivity contribution is 7.07. The van der Waals surface area contributed by atoms with Crippen molar-refractivity contribution in [2.75, 3.05) is 13.1 Å². The summed E-state index contributed by atoms with van der Waals surface area (Å²) in [7, 11) is 0. The highest BCUT2D eigenvalue weighted by atomic mass is 32.1. The third kappa shape index (κ3) is 2.30. The molecule has 14 heavy (non-hydrogen) atoms. The van der Waals surface area contributed by atoms with Crippen molar-refractivity contribution in [3.8, 4) is 0 Å². The molecular formula is C9H13N3OS. The molecule has 0 aromatic carbocycles. The average molecular weight is 211 g/mol. The summed E-state index contributed by atoms with van der Waals surface area (Å²) < 4.78 is 0. The van der Waals surface area contributed by atoms with Gasteiger partial charge in [-0.05, 0) is 19.4 Å². The van der Waals surface area contributed by atoms with E-state index in [9.17, 15) is 4.79 Å². The number of nitrogens with one attached hydrogen (secondary N) is 2. The number of hydrogen-bond acceptors (Lipinski definition) is 4. The summed E-state index contributed by atoms with van der Waals surface area (Å²) in [6.45, 7) is 1.93. The lowest BCUT2D eigenvalue weighted by molar-refractivity contribution is 0.0926. The van der Waals surface area contributed by atoms with Crippen LogP contribution in [0.15, 0.2) is 10.9 Å². The second-order valence-electron chi connectivity index (χ2n) is 3.39. The van der Waals surface area contributed by atoms with Crippen LogP contribution in [0.4, 0.5) is 0 Å². The minimum Gasteiger partial charge on any atom is -0.347 e. The van der Waals surface area contributed by atoms with Gasteiger partial charge in [0.05, 0.1) is 5.51 Å². The van der Waals surface area contributed by atoms with Crippen LogP contribution in [0.25, 0.3) is 0 Å². The van der Waals surface area contributed by atoms with Crippen molar-refractivity contribution >= 4 is 17.2 Å². The molecule has 0 bridgehead atoms. The molecule has 1 fully saturated rings. The zero-order valence-corrected chi connectivity index (χ0v) is 8.64. The van der Waals surface area contributed by atoms with Gasteiger partial charge in [-0.2, -0.15) is 0 Å². The van der Waals surface area contributed by atoms with E-state index in [0.717, 1.165) is 25.9 Å². The van der Waals surface area contributed by atoms with Crippen LogP contribution in [0.1, 0.15) is 23.3 Å². The van der Waals surface area contributed by atoms with E-state index < -0.39 is 0 Å². The lowest BCUT2D eigenvalue weighted by Gasteiger charge is -2.23. The van der Waals surface area contributed by atoms with Gasteiger partial charge in [0.25, 0.3) is 5.91 Å². The number of aromatic nitrogens is 1. The van der Waals surface area contributed by atoms with Crippen molar-refractivity contribution in [1.82, 2.24) is 15.6 Å². The Balaban J connectivity index is 1.87. The van der Waals surface area contributed by atoms with Gasteiger partial charge < -0.3 is 10.6 Å². The Morgan fingerprint density at radius 2 is 2.64 bits per heavy atom. The van der Waals surface area contributed by atoms with E-state index in [1.54, 1.807) is 10.9 Å². The zero-order chi connectivity index (χ0) is 9.80. The van der Waals surface area contributed by atoms with E-state index in [-0.39, 0.29) is 11.9 Å². The molecule has 1 amide bonds. The Bertz CT molecular complexity index is 293. The largest absolute Gasteiger partial charge is 0.347 e. The van der Waals surface area contributed by atoms with Crippen LogP contribution in [-0.2, 0) is 0 Å². The third-order valence-electron chi connectivity index (χ3n) is 2.30. The average Bonchev–Trinajstić information content (AvgIpc) is 2.72. The summed E-state index contributed by atoms with van der Waals surface area (Å²) >= 11 is 1.44. The molecular weight excluding hydrogens is 198 g/mol. The molecule has 4 nitrogen and oxygen atoms in total. The van der Waals surface area contributed by atoms with Gasteiger partial charge in [-0.15, -0.1) is 11.3 Å². The predicted octanol–water partition coefficient (Wildman–Crippen LogP) is 0.625. The number of carbonyl (C=O) groups excluding carboxylic acids is 1. The second-order valence-corrected chi connectivity index (χ2v) is 4.11. The van der Waals surface area contributed by atoms with Crippen LogP contribution >= 0.6 is 11.3 Å². The van der Waals surface area contributed by atoms with Crippen molar-refractivity contribution in [3.05, 3.63) is 16.6 Å². The van der Waals surface area contributed by atoms with Crippen molar-refractivity contribution in [2.24, 2.45) is 0 Å². The Morgan fingerprint density at radius 1 is 1.71 bits per heavy atom. The maximum Gasteiger partial charge on any atom is 0.271 e. The molecule has 0 spiro atoms. The molecule has 2 N–H and O–H groups in total. The number of carbonyl (C=O) groups is 1. The van der Waals surface area contributed by atoms with Gasteiger partial charge in [0.15, 0.2) is 0 Å². The van der Waals surface area contributed by atoms with E-state index >= 15 is 0 Å². The molecule has 76 valence electrons. The van der Waals surface area contributed by atoms with E-state index in [2.05, 4.69) is 15.6 Å². The minimum atomic E-state index is -0.0556. The number of nitrogens with zero attached hydrogens (tertiary/aromatic N) is 1. The second kappa shape index (κ2) is 4.52. The molecule has 2 rings (SSSR count). The zero-order valence-electron chi connectivity index (χ0n) is 7.82. The maximum atomic E-state index is 11.6. The molecule has 1 aromatic rings.